The third-order valence-corrected chi connectivity index (χ3v) is 2.85. The Labute approximate surface area is 105 Å². The van der Waals surface area contributed by atoms with E-state index in [2.05, 4.69) is 26.2 Å². The predicted molar refractivity (Wildman–Crippen MR) is 65.7 cm³/mol. The van der Waals surface area contributed by atoms with Crippen LogP contribution in [0.1, 0.15) is 0 Å². The summed E-state index contributed by atoms with van der Waals surface area (Å²) in [7, 11) is 0. The van der Waals surface area contributed by atoms with Crippen molar-refractivity contribution in [1.29, 1.82) is 0 Å². The molecule has 6 heteroatoms. The summed E-state index contributed by atoms with van der Waals surface area (Å²) in [6, 6.07) is 6.90. The highest BCUT2D eigenvalue weighted by Gasteiger charge is 2.13. The molecule has 1 aromatic heterocycles. The molecule has 2 N–H and O–H groups in total. The molecular formula is C11H7BrN2O3. The Morgan fingerprint density at radius 3 is 2.76 bits per heavy atom. The Kier molecular flexibility index (Phi) is 3.06. The minimum Gasteiger partial charge on any atom is -0.474 e. The van der Waals surface area contributed by atoms with Crippen molar-refractivity contribution in [2.45, 2.75) is 0 Å². The van der Waals surface area contributed by atoms with Gasteiger partial charge in [0.25, 0.3) is 0 Å². The number of hydrogen-bond acceptors (Lipinski definition) is 3. The second kappa shape index (κ2) is 4.50. The summed E-state index contributed by atoms with van der Waals surface area (Å²) >= 11 is 3.36. The van der Waals surface area contributed by atoms with Gasteiger partial charge in [-0.15, -0.1) is 0 Å². The highest BCUT2D eigenvalue weighted by Crippen LogP contribution is 2.28. The first-order valence-corrected chi connectivity index (χ1v) is 5.46. The Bertz CT molecular complexity index is 613. The van der Waals surface area contributed by atoms with E-state index in [0.29, 0.717) is 11.2 Å². The smallest absolute Gasteiger partial charge is 0.394 e. The van der Waals surface area contributed by atoms with Gasteiger partial charge in [0.05, 0.1) is 11.2 Å². The number of hydrogen-bond donors (Lipinski definition) is 2. The SMILES string of the molecule is O=C(O)C(=O)Nc1ccc(Br)c2cccnc12. The molecule has 0 unspecified atom stereocenters. The fourth-order valence-electron chi connectivity index (χ4n) is 1.41. The number of pyridine rings is 1. The molecule has 0 aliphatic heterocycles. The van der Waals surface area contributed by atoms with Crippen molar-refractivity contribution < 1.29 is 14.7 Å². The molecule has 1 aromatic carbocycles. The van der Waals surface area contributed by atoms with Gasteiger partial charge in [0.15, 0.2) is 0 Å². The first kappa shape index (κ1) is 11.5. The average molecular weight is 295 g/mol. The molecule has 2 aromatic rings. The monoisotopic (exact) mass is 294 g/mol. The van der Waals surface area contributed by atoms with Gasteiger partial charge in [-0.3, -0.25) is 9.78 Å². The molecular weight excluding hydrogens is 288 g/mol. The molecule has 0 radical (unpaired) electrons. The number of fused-ring (bicyclic) bond motifs is 1. The number of anilines is 1. The molecule has 5 nitrogen and oxygen atoms in total. The summed E-state index contributed by atoms with van der Waals surface area (Å²) in [6.07, 6.45) is 1.57. The van der Waals surface area contributed by atoms with Crippen molar-refractivity contribution in [2.75, 3.05) is 5.32 Å². The largest absolute Gasteiger partial charge is 0.474 e. The summed E-state index contributed by atoms with van der Waals surface area (Å²) in [6.45, 7) is 0. The minimum absolute atomic E-state index is 0.371. The Morgan fingerprint density at radius 2 is 2.06 bits per heavy atom. The van der Waals surface area contributed by atoms with Gasteiger partial charge >= 0.3 is 11.9 Å². The number of carbonyl (C=O) groups excluding carboxylic acids is 1. The van der Waals surface area contributed by atoms with E-state index in [0.717, 1.165) is 9.86 Å². The van der Waals surface area contributed by atoms with Crippen LogP contribution in [0.3, 0.4) is 0 Å². The van der Waals surface area contributed by atoms with Crippen LogP contribution in [0, 0.1) is 0 Å². The fourth-order valence-corrected chi connectivity index (χ4v) is 1.87. The molecule has 0 bridgehead atoms. The first-order chi connectivity index (χ1) is 8.09. The van der Waals surface area contributed by atoms with Crippen LogP contribution in [-0.4, -0.2) is 22.0 Å². The van der Waals surface area contributed by atoms with E-state index in [-0.39, 0.29) is 0 Å². The van der Waals surface area contributed by atoms with Crippen LogP contribution < -0.4 is 5.32 Å². The van der Waals surface area contributed by atoms with Gasteiger partial charge in [-0.25, -0.2) is 4.79 Å². The van der Waals surface area contributed by atoms with Crippen molar-refractivity contribution in [3.63, 3.8) is 0 Å². The number of carboxylic acid groups (broad SMARTS) is 1. The molecule has 17 heavy (non-hydrogen) atoms. The minimum atomic E-state index is -1.53. The molecule has 0 spiro atoms. The van der Waals surface area contributed by atoms with E-state index in [1.165, 1.54) is 0 Å². The van der Waals surface area contributed by atoms with E-state index in [1.807, 2.05) is 6.07 Å². The van der Waals surface area contributed by atoms with Crippen molar-refractivity contribution in [1.82, 2.24) is 4.98 Å². The second-order valence-corrected chi connectivity index (χ2v) is 4.11. The highest BCUT2D eigenvalue weighted by atomic mass is 79.9. The number of halogens is 1. The van der Waals surface area contributed by atoms with Crippen molar-refractivity contribution in [3.05, 3.63) is 34.9 Å². The molecule has 0 aliphatic rings. The standard InChI is InChI=1S/C11H7BrN2O3/c12-7-3-4-8(14-10(15)11(16)17)9-6(7)2-1-5-13-9/h1-5H,(H,14,15)(H,16,17). The van der Waals surface area contributed by atoms with Crippen LogP contribution in [0.15, 0.2) is 34.9 Å². The van der Waals surface area contributed by atoms with E-state index >= 15 is 0 Å². The number of nitrogens with one attached hydrogen (secondary N) is 1. The summed E-state index contributed by atoms with van der Waals surface area (Å²) < 4.78 is 0.828. The maximum Gasteiger partial charge on any atom is 0.394 e. The Morgan fingerprint density at radius 1 is 1.29 bits per heavy atom. The van der Waals surface area contributed by atoms with Gasteiger partial charge in [0.2, 0.25) is 0 Å². The number of carbonyl (C=O) groups is 2. The highest BCUT2D eigenvalue weighted by molar-refractivity contribution is 9.10. The summed E-state index contributed by atoms with van der Waals surface area (Å²) in [5, 5.41) is 11.6. The average Bonchev–Trinajstić information content (AvgIpc) is 2.33. The lowest BCUT2D eigenvalue weighted by Crippen LogP contribution is -2.22. The van der Waals surface area contributed by atoms with Crippen molar-refractivity contribution >= 4 is 44.4 Å². The number of aromatic nitrogens is 1. The maximum absolute atomic E-state index is 11.1. The van der Waals surface area contributed by atoms with Crippen LogP contribution in [0.4, 0.5) is 5.69 Å². The molecule has 0 aliphatic carbocycles. The third-order valence-electron chi connectivity index (χ3n) is 2.16. The zero-order valence-electron chi connectivity index (χ0n) is 8.48. The summed E-state index contributed by atoms with van der Waals surface area (Å²) in [5.74, 6) is -2.61. The molecule has 0 atom stereocenters. The molecule has 1 heterocycles. The molecule has 1 amide bonds. The van der Waals surface area contributed by atoms with Gasteiger partial charge in [-0.2, -0.15) is 0 Å². The fraction of sp³-hybridized carbons (Fsp3) is 0. The molecule has 0 fully saturated rings. The lowest BCUT2D eigenvalue weighted by molar-refractivity contribution is -0.147. The number of benzene rings is 1. The zero-order valence-corrected chi connectivity index (χ0v) is 10.1. The predicted octanol–water partition coefficient (Wildman–Crippen LogP) is 2.02. The van der Waals surface area contributed by atoms with Gasteiger partial charge in [0.1, 0.15) is 0 Å². The van der Waals surface area contributed by atoms with Gasteiger partial charge in [0, 0.05) is 16.1 Å². The number of amides is 1. The van der Waals surface area contributed by atoms with Crippen LogP contribution >= 0.6 is 15.9 Å². The van der Waals surface area contributed by atoms with E-state index in [1.54, 1.807) is 24.4 Å². The van der Waals surface area contributed by atoms with E-state index in [9.17, 15) is 9.59 Å². The normalized spacial score (nSPS) is 10.2. The molecule has 86 valence electrons. The lowest BCUT2D eigenvalue weighted by atomic mass is 10.2. The molecule has 0 saturated carbocycles. The van der Waals surface area contributed by atoms with Crippen LogP contribution in [-0.2, 0) is 9.59 Å². The Hall–Kier alpha value is -1.95. The zero-order chi connectivity index (χ0) is 12.4. The van der Waals surface area contributed by atoms with Crippen LogP contribution in [0.2, 0.25) is 0 Å². The van der Waals surface area contributed by atoms with E-state index in [4.69, 9.17) is 5.11 Å². The topological polar surface area (TPSA) is 79.3 Å². The van der Waals surface area contributed by atoms with Crippen molar-refractivity contribution in [2.24, 2.45) is 0 Å². The van der Waals surface area contributed by atoms with Gasteiger partial charge in [-0.05, 0) is 18.2 Å². The maximum atomic E-state index is 11.1. The first-order valence-electron chi connectivity index (χ1n) is 4.67. The molecule has 0 saturated heterocycles. The second-order valence-electron chi connectivity index (χ2n) is 3.25. The van der Waals surface area contributed by atoms with Crippen molar-refractivity contribution in [3.8, 4) is 0 Å². The quantitative estimate of drug-likeness (QED) is 0.789. The van der Waals surface area contributed by atoms with Crippen LogP contribution in [0.5, 0.6) is 0 Å². The number of carboxylic acids is 1. The number of rotatable bonds is 1. The third kappa shape index (κ3) is 2.26. The summed E-state index contributed by atoms with van der Waals surface area (Å²) in [5.41, 5.74) is 0.910. The summed E-state index contributed by atoms with van der Waals surface area (Å²) in [4.78, 5) is 25.7. The van der Waals surface area contributed by atoms with Crippen LogP contribution in [0.25, 0.3) is 10.9 Å². The number of nitrogens with zero attached hydrogens (tertiary/aromatic N) is 1. The Balaban J connectivity index is 2.52. The number of aliphatic carboxylic acids is 1. The van der Waals surface area contributed by atoms with E-state index < -0.39 is 11.9 Å². The lowest BCUT2D eigenvalue weighted by Gasteiger charge is -2.07. The van der Waals surface area contributed by atoms with Gasteiger partial charge in [-0.1, -0.05) is 22.0 Å². The van der Waals surface area contributed by atoms with Gasteiger partial charge < -0.3 is 10.4 Å². The molecule has 2 rings (SSSR count).